The van der Waals surface area contributed by atoms with E-state index in [9.17, 15) is 14.4 Å². The number of Topliss-reactive ketones (excluding diaryl/α,β-unsaturated/α-hetero) is 1. The molecule has 0 saturated carbocycles. The number of nitrogens with zero attached hydrogens (tertiary/aromatic N) is 1. The van der Waals surface area contributed by atoms with Gasteiger partial charge in [-0.2, -0.15) is 0 Å². The van der Waals surface area contributed by atoms with E-state index < -0.39 is 35.7 Å². The predicted octanol–water partition coefficient (Wildman–Crippen LogP) is 5.05. The minimum absolute atomic E-state index is 0.0646. The zero-order valence-corrected chi connectivity index (χ0v) is 23.0. The Kier molecular flexibility index (Phi) is 8.29. The molecule has 2 heterocycles. The highest BCUT2D eigenvalue weighted by Crippen LogP contribution is 2.45. The van der Waals surface area contributed by atoms with Crippen LogP contribution in [0.25, 0.3) is 6.08 Å². The molecule has 0 radical (unpaired) electrons. The number of ether oxygens (including phenoxy) is 1. The van der Waals surface area contributed by atoms with Crippen LogP contribution >= 0.6 is 11.3 Å². The van der Waals surface area contributed by atoms with Crippen LogP contribution in [0.5, 0.6) is 0 Å². The van der Waals surface area contributed by atoms with Crippen molar-refractivity contribution in [2.45, 2.75) is 44.2 Å². The van der Waals surface area contributed by atoms with Gasteiger partial charge in [0.2, 0.25) is 11.8 Å². The van der Waals surface area contributed by atoms with Gasteiger partial charge in [0.1, 0.15) is 12.6 Å². The fourth-order valence-corrected chi connectivity index (χ4v) is 5.97. The van der Waals surface area contributed by atoms with Crippen LogP contribution in [0.2, 0.25) is 0 Å². The van der Waals surface area contributed by atoms with E-state index in [4.69, 9.17) is 10.5 Å². The molecule has 0 bridgehead atoms. The van der Waals surface area contributed by atoms with Gasteiger partial charge >= 0.3 is 0 Å². The van der Waals surface area contributed by atoms with Crippen molar-refractivity contribution in [1.29, 1.82) is 0 Å². The molecule has 38 heavy (non-hydrogen) atoms. The van der Waals surface area contributed by atoms with Crippen LogP contribution in [0.1, 0.15) is 53.1 Å². The molecule has 1 saturated heterocycles. The summed E-state index contributed by atoms with van der Waals surface area (Å²) in [6, 6.07) is 19.5. The lowest BCUT2D eigenvalue weighted by atomic mass is 9.77. The summed E-state index contributed by atoms with van der Waals surface area (Å²) in [4.78, 5) is 42.6. The third-order valence-electron chi connectivity index (χ3n) is 7.08. The highest BCUT2D eigenvalue weighted by molar-refractivity contribution is 7.12. The van der Waals surface area contributed by atoms with E-state index in [-0.39, 0.29) is 17.8 Å². The van der Waals surface area contributed by atoms with Crippen LogP contribution in [0.4, 0.5) is 0 Å². The minimum Gasteiger partial charge on any atom is -0.375 e. The van der Waals surface area contributed by atoms with Crippen molar-refractivity contribution in [3.63, 3.8) is 0 Å². The zero-order chi connectivity index (χ0) is 27.4. The van der Waals surface area contributed by atoms with Gasteiger partial charge in [-0.05, 0) is 33.6 Å². The van der Waals surface area contributed by atoms with Crippen molar-refractivity contribution in [2.75, 3.05) is 13.7 Å². The van der Waals surface area contributed by atoms with E-state index >= 15 is 0 Å². The van der Waals surface area contributed by atoms with Gasteiger partial charge in [-0.15, -0.1) is 11.3 Å². The fraction of sp³-hybridized carbons (Fsp3) is 0.323. The molecule has 198 valence electrons. The number of hydrogen-bond donors (Lipinski definition) is 1. The highest BCUT2D eigenvalue weighted by atomic mass is 32.1. The molecule has 0 spiro atoms. The molecule has 2 N–H and O–H groups in total. The molecule has 6 nitrogen and oxygen atoms in total. The number of benzene rings is 2. The zero-order valence-electron chi connectivity index (χ0n) is 22.2. The first-order valence-corrected chi connectivity index (χ1v) is 13.5. The van der Waals surface area contributed by atoms with Crippen molar-refractivity contribution < 1.29 is 19.1 Å². The van der Waals surface area contributed by atoms with E-state index in [2.05, 4.69) is 20.8 Å². The Morgan fingerprint density at radius 3 is 2.24 bits per heavy atom. The van der Waals surface area contributed by atoms with Crippen molar-refractivity contribution in [3.8, 4) is 0 Å². The largest absolute Gasteiger partial charge is 0.375 e. The normalized spacial score (nSPS) is 21.6. The molecular formula is C31H34N2O4S. The number of thiophene rings is 1. The lowest BCUT2D eigenvalue weighted by Gasteiger charge is -2.28. The number of ketones is 1. The van der Waals surface area contributed by atoms with Gasteiger partial charge in [0, 0.05) is 13.0 Å². The molecule has 3 aromatic rings. The number of rotatable bonds is 8. The molecular weight excluding hydrogens is 496 g/mol. The smallest absolute Gasteiger partial charge is 0.249 e. The van der Waals surface area contributed by atoms with Crippen LogP contribution in [0.15, 0.2) is 78.2 Å². The molecule has 4 atom stereocenters. The summed E-state index contributed by atoms with van der Waals surface area (Å²) >= 11 is 1.35. The van der Waals surface area contributed by atoms with E-state index in [0.29, 0.717) is 4.88 Å². The van der Waals surface area contributed by atoms with E-state index in [1.54, 1.807) is 6.07 Å². The first-order valence-electron chi connectivity index (χ1n) is 12.6. The van der Waals surface area contributed by atoms with Crippen molar-refractivity contribution in [1.82, 2.24) is 4.90 Å². The second-order valence-electron chi connectivity index (χ2n) is 10.6. The Balaban J connectivity index is 1.90. The van der Waals surface area contributed by atoms with Gasteiger partial charge in [-0.1, -0.05) is 93.6 Å². The van der Waals surface area contributed by atoms with Crippen molar-refractivity contribution >= 4 is 35.0 Å². The fourth-order valence-electron chi connectivity index (χ4n) is 5.26. The predicted molar refractivity (Wildman–Crippen MR) is 151 cm³/mol. The van der Waals surface area contributed by atoms with Gasteiger partial charge in [-0.25, -0.2) is 0 Å². The molecule has 4 rings (SSSR count). The van der Waals surface area contributed by atoms with Crippen molar-refractivity contribution in [2.24, 2.45) is 11.7 Å². The first kappa shape index (κ1) is 27.5. The molecule has 4 unspecified atom stereocenters. The second kappa shape index (κ2) is 11.5. The summed E-state index contributed by atoms with van der Waals surface area (Å²) < 4.78 is 5.17. The maximum atomic E-state index is 14.1. The number of carbonyl (C=O) groups excluding carboxylic acids is 3. The molecule has 1 aliphatic heterocycles. The van der Waals surface area contributed by atoms with Crippen LogP contribution in [0, 0.1) is 5.92 Å². The van der Waals surface area contributed by atoms with Crippen molar-refractivity contribution in [3.05, 3.63) is 99.8 Å². The molecule has 7 heteroatoms. The Hall–Kier alpha value is -3.55. The average Bonchev–Trinajstić information content (AvgIpc) is 3.54. The number of primary amides is 1. The van der Waals surface area contributed by atoms with Crippen LogP contribution in [-0.2, 0) is 19.7 Å². The lowest BCUT2D eigenvalue weighted by Crippen LogP contribution is -2.49. The third kappa shape index (κ3) is 5.64. The van der Waals surface area contributed by atoms with Gasteiger partial charge in [0.05, 0.1) is 16.8 Å². The quantitative estimate of drug-likeness (QED) is 0.413. The summed E-state index contributed by atoms with van der Waals surface area (Å²) in [6.07, 6.45) is 3.73. The summed E-state index contributed by atoms with van der Waals surface area (Å²) in [5.41, 5.74) is 8.77. The molecule has 1 aliphatic rings. The standard InChI is InChI=1S/C31H34N2O4S/c1-31(2,3)22-15-13-21(14-16-22)26-27(29(35)24-11-8-18-38-24)23(17-12-20-9-6-5-7-10-20)33(25(34)19-37-4)28(26)30(32)36/h5-18,23,26-28H,19H2,1-4H3,(H2,32,36). The Morgan fingerprint density at radius 1 is 1.00 bits per heavy atom. The van der Waals surface area contributed by atoms with E-state index in [1.165, 1.54) is 23.3 Å². The Labute approximate surface area is 228 Å². The summed E-state index contributed by atoms with van der Waals surface area (Å²) in [5.74, 6) is -2.50. The van der Waals surface area contributed by atoms with Crippen LogP contribution in [-0.4, -0.2) is 48.3 Å². The topological polar surface area (TPSA) is 89.7 Å². The SMILES string of the molecule is COCC(=O)N1C(C=Cc2ccccc2)C(C(=O)c2cccs2)C(c2ccc(C(C)(C)C)cc2)C1C(N)=O. The van der Waals surface area contributed by atoms with Crippen LogP contribution < -0.4 is 5.73 Å². The Bertz CT molecular complexity index is 1290. The van der Waals surface area contributed by atoms with Gasteiger partial charge in [0.15, 0.2) is 5.78 Å². The summed E-state index contributed by atoms with van der Waals surface area (Å²) in [7, 11) is 1.43. The molecule has 2 aromatic carbocycles. The lowest BCUT2D eigenvalue weighted by molar-refractivity contribution is -0.141. The average molecular weight is 531 g/mol. The second-order valence-corrected chi connectivity index (χ2v) is 11.6. The summed E-state index contributed by atoms with van der Waals surface area (Å²) in [6.45, 7) is 6.16. The van der Waals surface area contributed by atoms with Gasteiger partial charge in [0.25, 0.3) is 0 Å². The third-order valence-corrected chi connectivity index (χ3v) is 7.96. The van der Waals surface area contributed by atoms with E-state index in [1.807, 2.05) is 78.2 Å². The molecule has 1 fully saturated rings. The number of amides is 2. The summed E-state index contributed by atoms with van der Waals surface area (Å²) in [5, 5.41) is 1.85. The molecule has 2 amide bonds. The number of carbonyl (C=O) groups is 3. The number of hydrogen-bond acceptors (Lipinski definition) is 5. The number of methoxy groups -OCH3 is 1. The highest BCUT2D eigenvalue weighted by Gasteiger charge is 2.55. The van der Waals surface area contributed by atoms with Gasteiger partial charge < -0.3 is 15.4 Å². The number of likely N-dealkylation sites (tertiary alicyclic amines) is 1. The van der Waals surface area contributed by atoms with E-state index in [0.717, 1.165) is 16.7 Å². The molecule has 1 aromatic heterocycles. The Morgan fingerprint density at radius 2 is 1.68 bits per heavy atom. The first-order chi connectivity index (χ1) is 18.1. The minimum atomic E-state index is -1.02. The molecule has 0 aliphatic carbocycles. The number of nitrogens with two attached hydrogens (primary N) is 1. The van der Waals surface area contributed by atoms with Gasteiger partial charge in [-0.3, -0.25) is 14.4 Å². The van der Waals surface area contributed by atoms with Crippen LogP contribution in [0.3, 0.4) is 0 Å². The maximum Gasteiger partial charge on any atom is 0.249 e. The maximum absolute atomic E-state index is 14.1. The monoisotopic (exact) mass is 530 g/mol.